The van der Waals surface area contributed by atoms with Crippen molar-refractivity contribution in [3.05, 3.63) is 35.9 Å². The first kappa shape index (κ1) is 20.0. The molecule has 0 spiro atoms. The van der Waals surface area contributed by atoms with Crippen LogP contribution in [0.3, 0.4) is 0 Å². The Bertz CT molecular complexity index is 898. The van der Waals surface area contributed by atoms with Crippen molar-refractivity contribution in [1.29, 1.82) is 0 Å². The number of aliphatic hydroxyl groups is 2. The van der Waals surface area contributed by atoms with Gasteiger partial charge in [-0.1, -0.05) is 49.4 Å². The summed E-state index contributed by atoms with van der Waals surface area (Å²) in [6, 6.07) is 9.12. The molecule has 9 heteroatoms. The summed E-state index contributed by atoms with van der Waals surface area (Å²) in [5.41, 5.74) is 2.06. The molecule has 150 valence electrons. The zero-order valence-electron chi connectivity index (χ0n) is 16.4. The third-order valence-electron chi connectivity index (χ3n) is 4.67. The molecule has 0 saturated heterocycles. The van der Waals surface area contributed by atoms with Crippen molar-refractivity contribution in [2.45, 2.75) is 39.4 Å². The first-order chi connectivity index (χ1) is 13.6. The average molecular weight is 385 g/mol. The Labute approximate surface area is 163 Å². The maximum Gasteiger partial charge on any atom is 0.227 e. The summed E-state index contributed by atoms with van der Waals surface area (Å²) in [4.78, 5) is 9.11. The number of anilines is 2. The summed E-state index contributed by atoms with van der Waals surface area (Å²) < 4.78 is 1.69. The number of nitrogens with zero attached hydrogens (tertiary/aromatic N) is 5. The molecular weight excluding hydrogens is 358 g/mol. The topological polar surface area (TPSA) is 121 Å². The fourth-order valence-electron chi connectivity index (χ4n) is 2.91. The predicted molar refractivity (Wildman–Crippen MR) is 108 cm³/mol. The quantitative estimate of drug-likeness (QED) is 0.440. The van der Waals surface area contributed by atoms with E-state index in [0.717, 1.165) is 5.56 Å². The van der Waals surface area contributed by atoms with E-state index >= 15 is 0 Å². The van der Waals surface area contributed by atoms with Crippen molar-refractivity contribution >= 4 is 22.9 Å². The van der Waals surface area contributed by atoms with Crippen molar-refractivity contribution in [2.75, 3.05) is 23.8 Å². The molecule has 0 bridgehead atoms. The van der Waals surface area contributed by atoms with Crippen LogP contribution < -0.4 is 10.6 Å². The molecule has 2 unspecified atom stereocenters. The van der Waals surface area contributed by atoms with Crippen molar-refractivity contribution < 1.29 is 10.2 Å². The Hall–Kier alpha value is -2.78. The summed E-state index contributed by atoms with van der Waals surface area (Å²) in [6.45, 7) is 6.47. The second kappa shape index (κ2) is 8.94. The highest BCUT2D eigenvalue weighted by atomic mass is 16.3. The van der Waals surface area contributed by atoms with E-state index < -0.39 is 0 Å². The lowest BCUT2D eigenvalue weighted by atomic mass is 10.1. The smallest absolute Gasteiger partial charge is 0.227 e. The number of nitrogens with one attached hydrogen (secondary N) is 2. The molecule has 0 saturated carbocycles. The van der Waals surface area contributed by atoms with Gasteiger partial charge in [0.25, 0.3) is 0 Å². The normalized spacial score (nSPS) is 13.6. The van der Waals surface area contributed by atoms with Crippen LogP contribution in [0.4, 0.5) is 11.8 Å². The molecule has 0 aliphatic rings. The molecule has 2 aromatic heterocycles. The largest absolute Gasteiger partial charge is 0.394 e. The zero-order valence-corrected chi connectivity index (χ0v) is 16.4. The van der Waals surface area contributed by atoms with E-state index in [1.807, 2.05) is 51.1 Å². The third-order valence-corrected chi connectivity index (χ3v) is 4.67. The van der Waals surface area contributed by atoms with Gasteiger partial charge in [-0.15, -0.1) is 5.10 Å². The highest BCUT2D eigenvalue weighted by molar-refractivity contribution is 5.83. The van der Waals surface area contributed by atoms with Crippen LogP contribution in [-0.4, -0.2) is 54.4 Å². The summed E-state index contributed by atoms with van der Waals surface area (Å²) in [5, 5.41) is 34.3. The Morgan fingerprint density at radius 1 is 1.04 bits per heavy atom. The van der Waals surface area contributed by atoms with Gasteiger partial charge >= 0.3 is 0 Å². The van der Waals surface area contributed by atoms with E-state index in [-0.39, 0.29) is 31.2 Å². The number of hydrogen-bond acceptors (Lipinski definition) is 8. The van der Waals surface area contributed by atoms with Crippen LogP contribution in [-0.2, 0) is 6.54 Å². The van der Waals surface area contributed by atoms with Gasteiger partial charge in [0.1, 0.15) is 0 Å². The highest BCUT2D eigenvalue weighted by Crippen LogP contribution is 2.25. The fourth-order valence-corrected chi connectivity index (χ4v) is 2.91. The Kier molecular flexibility index (Phi) is 6.37. The maximum atomic E-state index is 9.89. The van der Waals surface area contributed by atoms with E-state index in [0.29, 0.717) is 29.5 Å². The Balaban J connectivity index is 2.01. The van der Waals surface area contributed by atoms with E-state index in [1.54, 1.807) is 4.68 Å². The summed E-state index contributed by atoms with van der Waals surface area (Å²) in [7, 11) is 0. The van der Waals surface area contributed by atoms with Gasteiger partial charge in [-0.3, -0.25) is 0 Å². The lowest BCUT2D eigenvalue weighted by Crippen LogP contribution is -2.30. The maximum absolute atomic E-state index is 9.89. The molecule has 3 aromatic rings. The van der Waals surface area contributed by atoms with Crippen molar-refractivity contribution in [1.82, 2.24) is 25.0 Å². The molecule has 0 amide bonds. The minimum atomic E-state index is -0.349. The second-order valence-corrected chi connectivity index (χ2v) is 6.94. The number of aryl methyl sites for hydroxylation is 1. The number of aromatic nitrogens is 5. The lowest BCUT2D eigenvalue weighted by Gasteiger charge is -2.21. The minimum Gasteiger partial charge on any atom is -0.394 e. The molecule has 9 nitrogen and oxygen atoms in total. The SMILES string of the molecule is CCn1nnc2c(NC(CO)c3ccccc3)nc(NC(CO)C(C)C)nc21. The lowest BCUT2D eigenvalue weighted by molar-refractivity contribution is 0.248. The van der Waals surface area contributed by atoms with Gasteiger partial charge in [0.05, 0.1) is 25.3 Å². The average Bonchev–Trinajstić information content (AvgIpc) is 3.13. The molecule has 2 atom stereocenters. The van der Waals surface area contributed by atoms with E-state index in [4.69, 9.17) is 0 Å². The zero-order chi connectivity index (χ0) is 20.1. The van der Waals surface area contributed by atoms with E-state index in [9.17, 15) is 10.2 Å². The number of fused-ring (bicyclic) bond motifs is 1. The highest BCUT2D eigenvalue weighted by Gasteiger charge is 2.20. The Morgan fingerprint density at radius 2 is 1.79 bits per heavy atom. The molecule has 0 fully saturated rings. The summed E-state index contributed by atoms with van der Waals surface area (Å²) >= 11 is 0. The first-order valence-corrected chi connectivity index (χ1v) is 9.48. The van der Waals surface area contributed by atoms with Crippen LogP contribution in [0.25, 0.3) is 11.2 Å². The monoisotopic (exact) mass is 385 g/mol. The van der Waals surface area contributed by atoms with Crippen molar-refractivity contribution in [3.63, 3.8) is 0 Å². The second-order valence-electron chi connectivity index (χ2n) is 6.94. The van der Waals surface area contributed by atoms with Crippen LogP contribution in [0.15, 0.2) is 30.3 Å². The molecule has 28 heavy (non-hydrogen) atoms. The number of benzene rings is 1. The molecule has 0 aliphatic carbocycles. The van der Waals surface area contributed by atoms with Gasteiger partial charge in [-0.05, 0) is 18.4 Å². The minimum absolute atomic E-state index is 0.0314. The molecule has 4 N–H and O–H groups in total. The predicted octanol–water partition coefficient (Wildman–Crippen LogP) is 1.82. The number of aliphatic hydroxyl groups excluding tert-OH is 2. The standard InChI is InChI=1S/C19H27N7O2/c1-4-26-18-16(24-25-26)17(20-15(11-28)13-8-6-5-7-9-13)22-19(23-18)21-14(10-27)12(2)3/h5-9,12,14-15,27-28H,4,10-11H2,1-3H3,(H2,20,21,22,23). The van der Waals surface area contributed by atoms with Crippen molar-refractivity contribution in [3.8, 4) is 0 Å². The van der Waals surface area contributed by atoms with E-state index in [1.165, 1.54) is 0 Å². The van der Waals surface area contributed by atoms with Gasteiger partial charge in [0.15, 0.2) is 17.0 Å². The number of rotatable bonds is 9. The molecule has 0 aliphatic heterocycles. The molecular formula is C19H27N7O2. The molecule has 1 aromatic carbocycles. The van der Waals surface area contributed by atoms with Crippen LogP contribution in [0, 0.1) is 5.92 Å². The number of hydrogen-bond donors (Lipinski definition) is 4. The van der Waals surface area contributed by atoms with Gasteiger partial charge in [0.2, 0.25) is 5.95 Å². The van der Waals surface area contributed by atoms with Gasteiger partial charge in [0, 0.05) is 6.54 Å². The van der Waals surface area contributed by atoms with Crippen LogP contribution in [0.2, 0.25) is 0 Å². The van der Waals surface area contributed by atoms with Crippen LogP contribution >= 0.6 is 0 Å². The van der Waals surface area contributed by atoms with Crippen molar-refractivity contribution in [2.24, 2.45) is 5.92 Å². The Morgan fingerprint density at radius 3 is 2.39 bits per heavy atom. The van der Waals surface area contributed by atoms with Crippen LogP contribution in [0.1, 0.15) is 32.4 Å². The molecule has 0 radical (unpaired) electrons. The van der Waals surface area contributed by atoms with Gasteiger partial charge in [-0.2, -0.15) is 9.97 Å². The molecule has 3 rings (SSSR count). The van der Waals surface area contributed by atoms with Gasteiger partial charge < -0.3 is 20.8 Å². The summed E-state index contributed by atoms with van der Waals surface area (Å²) in [5.74, 6) is 1.06. The fraction of sp³-hybridized carbons (Fsp3) is 0.474. The first-order valence-electron chi connectivity index (χ1n) is 9.48. The third kappa shape index (κ3) is 4.20. The summed E-state index contributed by atoms with van der Waals surface area (Å²) in [6.07, 6.45) is 0. The van der Waals surface area contributed by atoms with Crippen LogP contribution in [0.5, 0.6) is 0 Å². The molecule has 2 heterocycles. The van der Waals surface area contributed by atoms with Gasteiger partial charge in [-0.25, -0.2) is 4.68 Å². The van der Waals surface area contributed by atoms with E-state index in [2.05, 4.69) is 30.9 Å².